The summed E-state index contributed by atoms with van der Waals surface area (Å²) < 4.78 is 40.0. The lowest BCUT2D eigenvalue weighted by atomic mass is 9.60. The first kappa shape index (κ1) is 35.9. The van der Waals surface area contributed by atoms with Crippen LogP contribution in [0.2, 0.25) is 0 Å². The lowest BCUT2D eigenvalue weighted by Gasteiger charge is -2.61. The Morgan fingerprint density at radius 1 is 0.580 bits per heavy atom. The van der Waals surface area contributed by atoms with Crippen LogP contribution in [-0.4, -0.2) is 23.4 Å². The molecule has 8 heteroatoms. The van der Waals surface area contributed by atoms with Gasteiger partial charge in [-0.25, -0.2) is 0 Å². The minimum Gasteiger partial charge on any atom is -0.790 e. The lowest BCUT2D eigenvalue weighted by Crippen LogP contribution is -2.74. The van der Waals surface area contributed by atoms with Gasteiger partial charge in [-0.05, 0) is 40.2 Å². The molecule has 260 valence electrons. The lowest BCUT2D eigenvalue weighted by molar-refractivity contribution is -0.371. The molecule has 0 aliphatic heterocycles. The predicted molar refractivity (Wildman–Crippen MR) is 189 cm³/mol. The van der Waals surface area contributed by atoms with Gasteiger partial charge in [-0.2, -0.15) is 0 Å². The third kappa shape index (κ3) is 8.87. The van der Waals surface area contributed by atoms with Crippen molar-refractivity contribution >= 4 is 7.82 Å². The maximum Gasteiger partial charge on any atom is 0.131 e. The summed E-state index contributed by atoms with van der Waals surface area (Å²) in [5.74, 6) is -0.307. The van der Waals surface area contributed by atoms with E-state index in [9.17, 15) is 14.4 Å². The van der Waals surface area contributed by atoms with Gasteiger partial charge >= 0.3 is 0 Å². The van der Waals surface area contributed by atoms with E-state index in [-0.39, 0.29) is 38.4 Å². The van der Waals surface area contributed by atoms with E-state index in [0.29, 0.717) is 6.61 Å². The first-order valence-corrected chi connectivity index (χ1v) is 18.5. The van der Waals surface area contributed by atoms with Crippen molar-refractivity contribution in [3.8, 4) is 0 Å². The molecule has 0 amide bonds. The van der Waals surface area contributed by atoms with Gasteiger partial charge in [0.25, 0.3) is 0 Å². The molecule has 0 aromatic heterocycles. The average Bonchev–Trinajstić information content (AvgIpc) is 3.12. The summed E-state index contributed by atoms with van der Waals surface area (Å²) in [4.78, 5) is 26.0. The maximum atomic E-state index is 13.0. The monoisotopic (exact) mass is 690 g/mol. The number of hydrogen-bond donors (Lipinski definition) is 0. The number of rotatable bonds is 15. The van der Waals surface area contributed by atoms with Gasteiger partial charge in [-0.15, -0.1) is 0 Å². The number of ether oxygens (including phenoxy) is 3. The highest BCUT2D eigenvalue weighted by Crippen LogP contribution is 2.55. The van der Waals surface area contributed by atoms with Crippen LogP contribution in [0.1, 0.15) is 41.2 Å². The SMILES string of the molecule is CC1CC(Cc2ccccc2)(OP(=O)([O-])[O-])[C@@](Cc2ccccc2)(OCc2ccccc2)C(OCc2ccccc2)C1OCc1ccccc1. The molecular weight excluding hydrogens is 647 g/mol. The van der Waals surface area contributed by atoms with Crippen LogP contribution in [0.15, 0.2) is 152 Å². The molecule has 6 rings (SSSR count). The zero-order valence-corrected chi connectivity index (χ0v) is 29.1. The molecule has 0 spiro atoms. The van der Waals surface area contributed by atoms with E-state index < -0.39 is 31.2 Å². The van der Waals surface area contributed by atoms with Crippen molar-refractivity contribution in [1.29, 1.82) is 0 Å². The zero-order chi connectivity index (χ0) is 34.9. The molecule has 0 N–H and O–H groups in total. The molecule has 1 saturated carbocycles. The Kier molecular flexibility index (Phi) is 11.8. The van der Waals surface area contributed by atoms with Crippen LogP contribution in [0.5, 0.6) is 0 Å². The summed E-state index contributed by atoms with van der Waals surface area (Å²) in [6.45, 7) is 2.61. The molecule has 1 fully saturated rings. The van der Waals surface area contributed by atoms with Crippen LogP contribution in [0.25, 0.3) is 0 Å². The van der Waals surface area contributed by atoms with E-state index in [2.05, 4.69) is 0 Å². The van der Waals surface area contributed by atoms with E-state index in [1.54, 1.807) is 0 Å². The molecule has 5 atom stereocenters. The molecule has 0 radical (unpaired) electrons. The van der Waals surface area contributed by atoms with Gasteiger partial charge < -0.3 is 33.1 Å². The molecule has 4 unspecified atom stereocenters. The Labute approximate surface area is 295 Å². The fourth-order valence-corrected chi connectivity index (χ4v) is 8.08. The highest BCUT2D eigenvalue weighted by atomic mass is 31.2. The molecule has 7 nitrogen and oxygen atoms in total. The molecule has 5 aromatic rings. The zero-order valence-electron chi connectivity index (χ0n) is 28.2. The quantitative estimate of drug-likeness (QED) is 0.107. The van der Waals surface area contributed by atoms with Crippen LogP contribution in [0, 0.1) is 5.92 Å². The van der Waals surface area contributed by atoms with Crippen LogP contribution >= 0.6 is 7.82 Å². The summed E-state index contributed by atoms with van der Waals surface area (Å²) in [7, 11) is -5.61. The van der Waals surface area contributed by atoms with E-state index in [1.807, 2.05) is 159 Å². The van der Waals surface area contributed by atoms with Crippen molar-refractivity contribution in [3.63, 3.8) is 0 Å². The molecule has 1 aliphatic carbocycles. The topological polar surface area (TPSA) is 100 Å². The van der Waals surface area contributed by atoms with Crippen LogP contribution in [-0.2, 0) is 56.0 Å². The third-order valence-electron chi connectivity index (χ3n) is 9.57. The van der Waals surface area contributed by atoms with Crippen LogP contribution < -0.4 is 9.79 Å². The molecule has 0 heterocycles. The summed E-state index contributed by atoms with van der Waals surface area (Å²) in [5, 5.41) is 0. The minimum absolute atomic E-state index is 0.0882. The van der Waals surface area contributed by atoms with E-state index in [0.717, 1.165) is 27.8 Å². The standard InChI is InChI=1S/C42H45O7P/c1-33-27-41(49-50(43,44)45,28-34-17-7-2-8-18-34)42(29-35-19-9-3-10-20-35,48-32-38-25-15-6-16-26-38)40(47-31-37-23-13-5-14-24-37)39(33)46-30-36-21-11-4-12-22-36/h2-26,33,39-40H,27-32H2,1H3,(H2,43,44,45)/p-2/t33?,39?,40?,41?,42-/m0/s1. The molecule has 0 saturated heterocycles. The Morgan fingerprint density at radius 2 is 0.980 bits per heavy atom. The maximum absolute atomic E-state index is 13.0. The van der Waals surface area contributed by atoms with E-state index in [1.165, 1.54) is 0 Å². The third-order valence-corrected chi connectivity index (χ3v) is 10.1. The van der Waals surface area contributed by atoms with Gasteiger partial charge in [0.15, 0.2) is 0 Å². The number of benzene rings is 5. The molecule has 50 heavy (non-hydrogen) atoms. The van der Waals surface area contributed by atoms with Crippen molar-refractivity contribution < 1.29 is 33.1 Å². The first-order chi connectivity index (χ1) is 24.3. The summed E-state index contributed by atoms with van der Waals surface area (Å²) in [5.41, 5.74) is 1.26. The van der Waals surface area contributed by atoms with Gasteiger partial charge in [0.2, 0.25) is 0 Å². The minimum atomic E-state index is -5.61. The smallest absolute Gasteiger partial charge is 0.131 e. The van der Waals surface area contributed by atoms with E-state index in [4.69, 9.17) is 18.7 Å². The largest absolute Gasteiger partial charge is 0.790 e. The summed E-state index contributed by atoms with van der Waals surface area (Å²) in [6, 6.07) is 48.6. The summed E-state index contributed by atoms with van der Waals surface area (Å²) in [6.07, 6.45) is -1.02. The average molecular weight is 691 g/mol. The second-order valence-corrected chi connectivity index (χ2v) is 14.3. The van der Waals surface area contributed by atoms with Crippen molar-refractivity contribution in [2.45, 2.75) is 69.4 Å². The van der Waals surface area contributed by atoms with Crippen molar-refractivity contribution in [2.75, 3.05) is 0 Å². The Bertz CT molecular complexity index is 1790. The Balaban J connectivity index is 1.56. The normalized spacial score (nSPS) is 23.8. The fraction of sp³-hybridized carbons (Fsp3) is 0.286. The van der Waals surface area contributed by atoms with Crippen molar-refractivity contribution in [1.82, 2.24) is 0 Å². The number of phosphoric acid groups is 1. The predicted octanol–water partition coefficient (Wildman–Crippen LogP) is 7.22. The van der Waals surface area contributed by atoms with Gasteiger partial charge in [0, 0.05) is 12.8 Å². The molecule has 1 aliphatic rings. The van der Waals surface area contributed by atoms with Crippen LogP contribution in [0.4, 0.5) is 0 Å². The van der Waals surface area contributed by atoms with Gasteiger partial charge in [-0.3, -0.25) is 0 Å². The van der Waals surface area contributed by atoms with Gasteiger partial charge in [-0.1, -0.05) is 159 Å². The van der Waals surface area contributed by atoms with E-state index >= 15 is 0 Å². The highest BCUT2D eigenvalue weighted by molar-refractivity contribution is 7.43. The summed E-state index contributed by atoms with van der Waals surface area (Å²) >= 11 is 0. The van der Waals surface area contributed by atoms with Gasteiger partial charge in [0.1, 0.15) is 17.3 Å². The molecule has 5 aromatic carbocycles. The fourth-order valence-electron chi connectivity index (χ4n) is 7.36. The number of phosphoric ester groups is 1. The molecule has 0 bridgehead atoms. The highest BCUT2D eigenvalue weighted by Gasteiger charge is 2.65. The number of hydrogen-bond acceptors (Lipinski definition) is 7. The van der Waals surface area contributed by atoms with Crippen molar-refractivity contribution in [3.05, 3.63) is 179 Å². The second kappa shape index (κ2) is 16.4. The molecular formula is C42H43O7P-2. The first-order valence-electron chi connectivity index (χ1n) is 17.0. The van der Waals surface area contributed by atoms with Gasteiger partial charge in [0.05, 0.1) is 33.7 Å². The Morgan fingerprint density at radius 3 is 1.44 bits per heavy atom. The van der Waals surface area contributed by atoms with Crippen LogP contribution in [0.3, 0.4) is 0 Å². The Hall–Kier alpha value is -3.91. The van der Waals surface area contributed by atoms with Crippen molar-refractivity contribution in [2.24, 2.45) is 5.92 Å². The second-order valence-electron chi connectivity index (χ2n) is 13.2.